The molecule has 5 nitrogen and oxygen atoms in total. The van der Waals surface area contributed by atoms with E-state index in [1.807, 2.05) is 6.07 Å². The quantitative estimate of drug-likeness (QED) is 0.796. The van der Waals surface area contributed by atoms with Crippen LogP contribution in [0.25, 0.3) is 10.2 Å². The molecule has 0 N–H and O–H groups in total. The number of benzene rings is 1. The number of thiazole rings is 1. The van der Waals surface area contributed by atoms with Crippen molar-refractivity contribution in [2.75, 3.05) is 16.4 Å². The third kappa shape index (κ3) is 2.15. The van der Waals surface area contributed by atoms with Crippen LogP contribution in [0.2, 0.25) is 5.02 Å². The second-order valence-electron chi connectivity index (χ2n) is 5.48. The van der Waals surface area contributed by atoms with Gasteiger partial charge in [-0.05, 0) is 18.2 Å². The molecular formula is C13H11ClN2O3S2. The van der Waals surface area contributed by atoms with Crippen molar-refractivity contribution in [2.45, 2.75) is 12.5 Å². The molecule has 2 aliphatic rings. The van der Waals surface area contributed by atoms with Crippen LogP contribution in [0.15, 0.2) is 18.2 Å². The smallest absolute Gasteiger partial charge is 0.229 e. The number of carbonyl (C=O) groups excluding carboxylic acids is 1. The summed E-state index contributed by atoms with van der Waals surface area (Å²) in [5.41, 5.74) is 0.775. The fourth-order valence-corrected chi connectivity index (χ4v) is 6.51. The molecule has 2 aromatic rings. The SMILES string of the molecule is O=C1C[C@H]2CS(=O)(=O)C[C@@H]2N1c1nc2ccc(Cl)cc2s1. The number of anilines is 1. The lowest BCUT2D eigenvalue weighted by Crippen LogP contribution is -2.36. The minimum atomic E-state index is -3.04. The molecule has 4 rings (SSSR count). The lowest BCUT2D eigenvalue weighted by molar-refractivity contribution is -0.117. The van der Waals surface area contributed by atoms with Gasteiger partial charge in [0, 0.05) is 17.4 Å². The first-order valence-corrected chi connectivity index (χ1v) is 9.53. The zero-order chi connectivity index (χ0) is 14.8. The van der Waals surface area contributed by atoms with Crippen molar-refractivity contribution >= 4 is 54.0 Å². The van der Waals surface area contributed by atoms with Gasteiger partial charge in [-0.25, -0.2) is 13.4 Å². The first-order chi connectivity index (χ1) is 9.93. The molecule has 0 saturated carbocycles. The van der Waals surface area contributed by atoms with Gasteiger partial charge in [-0.2, -0.15) is 0 Å². The molecule has 1 aromatic heterocycles. The van der Waals surface area contributed by atoms with Crippen molar-refractivity contribution in [1.29, 1.82) is 0 Å². The summed E-state index contributed by atoms with van der Waals surface area (Å²) < 4.78 is 24.4. The normalized spacial score (nSPS) is 27.5. The fourth-order valence-electron chi connectivity index (χ4n) is 3.13. The van der Waals surface area contributed by atoms with Crippen LogP contribution in [0.3, 0.4) is 0 Å². The molecule has 0 bridgehead atoms. The molecule has 2 aliphatic heterocycles. The molecule has 2 saturated heterocycles. The van der Waals surface area contributed by atoms with Gasteiger partial charge in [0.25, 0.3) is 0 Å². The molecule has 1 aromatic carbocycles. The van der Waals surface area contributed by atoms with Crippen molar-refractivity contribution < 1.29 is 13.2 Å². The summed E-state index contributed by atoms with van der Waals surface area (Å²) in [6.45, 7) is 0. The van der Waals surface area contributed by atoms with Crippen molar-refractivity contribution in [3.05, 3.63) is 23.2 Å². The van der Waals surface area contributed by atoms with Crippen molar-refractivity contribution in [2.24, 2.45) is 5.92 Å². The lowest BCUT2D eigenvalue weighted by Gasteiger charge is -2.19. The number of carbonyl (C=O) groups is 1. The Labute approximate surface area is 130 Å². The summed E-state index contributed by atoms with van der Waals surface area (Å²) >= 11 is 7.34. The number of sulfone groups is 1. The first kappa shape index (κ1) is 13.5. The van der Waals surface area contributed by atoms with Gasteiger partial charge in [-0.15, -0.1) is 0 Å². The summed E-state index contributed by atoms with van der Waals surface area (Å²) in [5.74, 6) is 0.0136. The zero-order valence-electron chi connectivity index (χ0n) is 10.8. The third-order valence-electron chi connectivity index (χ3n) is 4.02. The van der Waals surface area contributed by atoms with Crippen LogP contribution in [-0.4, -0.2) is 36.9 Å². The fraction of sp³-hybridized carbons (Fsp3) is 0.385. The van der Waals surface area contributed by atoms with Crippen LogP contribution in [0.1, 0.15) is 6.42 Å². The van der Waals surface area contributed by atoms with E-state index in [0.717, 1.165) is 10.2 Å². The van der Waals surface area contributed by atoms with Crippen LogP contribution >= 0.6 is 22.9 Å². The molecule has 21 heavy (non-hydrogen) atoms. The summed E-state index contributed by atoms with van der Waals surface area (Å²) in [4.78, 5) is 18.3. The van der Waals surface area contributed by atoms with Crippen molar-refractivity contribution in [1.82, 2.24) is 4.98 Å². The van der Waals surface area contributed by atoms with Gasteiger partial charge in [0.1, 0.15) is 0 Å². The highest BCUT2D eigenvalue weighted by molar-refractivity contribution is 7.91. The minimum absolute atomic E-state index is 0.0370. The van der Waals surface area contributed by atoms with Crippen molar-refractivity contribution in [3.8, 4) is 0 Å². The maximum absolute atomic E-state index is 12.2. The molecule has 0 radical (unpaired) electrons. The van der Waals surface area contributed by atoms with E-state index in [2.05, 4.69) is 4.98 Å². The number of fused-ring (bicyclic) bond motifs is 2. The van der Waals surface area contributed by atoms with E-state index in [9.17, 15) is 13.2 Å². The summed E-state index contributed by atoms with van der Waals surface area (Å²) in [5, 5.41) is 1.19. The number of amides is 1. The number of nitrogens with zero attached hydrogens (tertiary/aromatic N) is 2. The molecule has 0 aliphatic carbocycles. The molecule has 1 amide bonds. The Balaban J connectivity index is 1.78. The Kier molecular flexibility index (Phi) is 2.83. The third-order valence-corrected chi connectivity index (χ3v) is 7.06. The van der Waals surface area contributed by atoms with E-state index in [-0.39, 0.29) is 29.4 Å². The van der Waals surface area contributed by atoms with Crippen LogP contribution in [-0.2, 0) is 14.6 Å². The van der Waals surface area contributed by atoms with Crippen LogP contribution in [0, 0.1) is 5.92 Å². The Morgan fingerprint density at radius 2 is 2.14 bits per heavy atom. The Morgan fingerprint density at radius 3 is 2.95 bits per heavy atom. The van der Waals surface area contributed by atoms with Crippen LogP contribution in [0.5, 0.6) is 0 Å². The second kappa shape index (κ2) is 4.41. The average Bonchev–Trinajstić information content (AvgIpc) is 2.97. The molecule has 0 unspecified atom stereocenters. The highest BCUT2D eigenvalue weighted by atomic mass is 35.5. The van der Waals surface area contributed by atoms with E-state index >= 15 is 0 Å². The monoisotopic (exact) mass is 342 g/mol. The maximum atomic E-state index is 12.2. The van der Waals surface area contributed by atoms with E-state index < -0.39 is 9.84 Å². The summed E-state index contributed by atoms with van der Waals surface area (Å²) in [6.07, 6.45) is 0.292. The van der Waals surface area contributed by atoms with Crippen LogP contribution < -0.4 is 4.90 Å². The number of hydrogen-bond acceptors (Lipinski definition) is 5. The molecule has 3 heterocycles. The van der Waals surface area contributed by atoms with Gasteiger partial charge in [0.05, 0.1) is 27.8 Å². The standard InChI is InChI=1S/C13H11ClN2O3S2/c14-8-1-2-9-11(4-8)20-13(15-9)16-10-6-21(18,19)5-7(10)3-12(16)17/h1-2,4,7,10H,3,5-6H2/t7-,10-/m0/s1. The summed E-state index contributed by atoms with van der Waals surface area (Å²) in [7, 11) is -3.04. The highest BCUT2D eigenvalue weighted by Crippen LogP contribution is 2.40. The van der Waals surface area contributed by atoms with Gasteiger partial charge in [-0.1, -0.05) is 22.9 Å². The number of aromatic nitrogens is 1. The predicted molar refractivity (Wildman–Crippen MR) is 82.7 cm³/mol. The van der Waals surface area contributed by atoms with Gasteiger partial charge in [-0.3, -0.25) is 9.69 Å². The van der Waals surface area contributed by atoms with Gasteiger partial charge in [0.2, 0.25) is 5.91 Å². The molecular weight excluding hydrogens is 332 g/mol. The second-order valence-corrected chi connectivity index (χ2v) is 9.08. The van der Waals surface area contributed by atoms with E-state index in [1.165, 1.54) is 11.3 Å². The average molecular weight is 343 g/mol. The molecule has 2 fully saturated rings. The number of hydrogen-bond donors (Lipinski definition) is 0. The Bertz CT molecular complexity index is 861. The molecule has 8 heteroatoms. The van der Waals surface area contributed by atoms with E-state index in [1.54, 1.807) is 17.0 Å². The lowest BCUT2D eigenvalue weighted by atomic mass is 10.1. The summed E-state index contributed by atoms with van der Waals surface area (Å²) in [6, 6.07) is 5.10. The molecule has 110 valence electrons. The highest BCUT2D eigenvalue weighted by Gasteiger charge is 2.50. The zero-order valence-corrected chi connectivity index (χ0v) is 13.2. The molecule has 0 spiro atoms. The minimum Gasteiger partial charge on any atom is -0.284 e. The Hall–Kier alpha value is -1.18. The maximum Gasteiger partial charge on any atom is 0.229 e. The Morgan fingerprint density at radius 1 is 1.33 bits per heavy atom. The largest absolute Gasteiger partial charge is 0.284 e. The topological polar surface area (TPSA) is 67.3 Å². The van der Waals surface area contributed by atoms with E-state index in [0.29, 0.717) is 16.6 Å². The predicted octanol–water partition coefficient (Wildman–Crippen LogP) is 2.10. The van der Waals surface area contributed by atoms with Crippen molar-refractivity contribution in [3.63, 3.8) is 0 Å². The van der Waals surface area contributed by atoms with Gasteiger partial charge >= 0.3 is 0 Å². The number of rotatable bonds is 1. The van der Waals surface area contributed by atoms with E-state index in [4.69, 9.17) is 11.6 Å². The van der Waals surface area contributed by atoms with Crippen LogP contribution in [0.4, 0.5) is 5.13 Å². The van der Waals surface area contributed by atoms with Gasteiger partial charge in [0.15, 0.2) is 15.0 Å². The molecule has 2 atom stereocenters. The number of halogens is 1. The first-order valence-electron chi connectivity index (χ1n) is 6.51. The van der Waals surface area contributed by atoms with Gasteiger partial charge < -0.3 is 0 Å².